The van der Waals surface area contributed by atoms with Gasteiger partial charge in [-0.2, -0.15) is 0 Å². The van der Waals surface area contributed by atoms with E-state index in [9.17, 15) is 9.59 Å². The largest absolute Gasteiger partial charge is 0.353 e. The summed E-state index contributed by atoms with van der Waals surface area (Å²) in [5.41, 5.74) is 0.535. The van der Waals surface area contributed by atoms with Crippen molar-refractivity contribution in [2.75, 3.05) is 5.32 Å². The van der Waals surface area contributed by atoms with E-state index in [0.717, 1.165) is 0 Å². The molecule has 0 unspecified atom stereocenters. The summed E-state index contributed by atoms with van der Waals surface area (Å²) in [5.74, 6) is -0.974. The minimum Gasteiger partial charge on any atom is -0.353 e. The number of nitrogens with one attached hydrogen (secondary N) is 2. The molecule has 0 fully saturated rings. The van der Waals surface area contributed by atoms with E-state index in [1.807, 2.05) is 0 Å². The highest BCUT2D eigenvalue weighted by Crippen LogP contribution is 2.26. The van der Waals surface area contributed by atoms with Crippen LogP contribution in [0.4, 0.5) is 5.13 Å². The van der Waals surface area contributed by atoms with Crippen molar-refractivity contribution in [3.63, 3.8) is 0 Å². The topological polar surface area (TPSA) is 97.1 Å². The molecular formula is C11H11BrN4O3S. The lowest BCUT2D eigenvalue weighted by atomic mass is 10.4. The van der Waals surface area contributed by atoms with Gasteiger partial charge >= 0.3 is 11.8 Å². The first kappa shape index (κ1) is 14.7. The van der Waals surface area contributed by atoms with Gasteiger partial charge in [-0.15, -0.1) is 11.3 Å². The van der Waals surface area contributed by atoms with Gasteiger partial charge < -0.3 is 9.84 Å². The fourth-order valence-corrected chi connectivity index (χ4v) is 2.28. The highest BCUT2D eigenvalue weighted by Gasteiger charge is 2.17. The van der Waals surface area contributed by atoms with Crippen molar-refractivity contribution in [3.05, 3.63) is 16.0 Å². The van der Waals surface area contributed by atoms with Crippen molar-refractivity contribution in [2.24, 2.45) is 0 Å². The summed E-state index contributed by atoms with van der Waals surface area (Å²) < 4.78 is 5.58. The number of amides is 2. The number of rotatable bonds is 3. The SMILES string of the molecule is CC(C)NC(=O)C(=O)Nc1nc(-c2cc(Br)no2)cs1. The molecule has 2 aromatic rings. The third-order valence-electron chi connectivity index (χ3n) is 2.08. The average molecular weight is 359 g/mol. The third-order valence-corrected chi connectivity index (χ3v) is 3.22. The van der Waals surface area contributed by atoms with E-state index in [1.54, 1.807) is 25.3 Å². The van der Waals surface area contributed by atoms with E-state index in [-0.39, 0.29) is 6.04 Å². The van der Waals surface area contributed by atoms with E-state index in [4.69, 9.17) is 4.52 Å². The van der Waals surface area contributed by atoms with Crippen LogP contribution in [0, 0.1) is 0 Å². The van der Waals surface area contributed by atoms with Crippen molar-refractivity contribution in [1.29, 1.82) is 0 Å². The zero-order valence-electron chi connectivity index (χ0n) is 10.6. The first-order chi connectivity index (χ1) is 9.45. The lowest BCUT2D eigenvalue weighted by molar-refractivity contribution is -0.136. The number of halogens is 1. The van der Waals surface area contributed by atoms with Gasteiger partial charge in [0, 0.05) is 17.5 Å². The lowest BCUT2D eigenvalue weighted by Gasteiger charge is -2.06. The van der Waals surface area contributed by atoms with Crippen molar-refractivity contribution in [2.45, 2.75) is 19.9 Å². The monoisotopic (exact) mass is 358 g/mol. The second-order valence-electron chi connectivity index (χ2n) is 4.13. The third kappa shape index (κ3) is 3.64. The summed E-state index contributed by atoms with van der Waals surface area (Å²) in [5, 5.41) is 10.6. The summed E-state index contributed by atoms with van der Waals surface area (Å²) in [6.45, 7) is 3.54. The molecule has 9 heteroatoms. The van der Waals surface area contributed by atoms with Crippen LogP contribution in [-0.4, -0.2) is 28.0 Å². The number of nitrogens with zero attached hydrogens (tertiary/aromatic N) is 2. The number of anilines is 1. The normalized spacial score (nSPS) is 10.6. The van der Waals surface area contributed by atoms with Crippen LogP contribution < -0.4 is 10.6 Å². The quantitative estimate of drug-likeness (QED) is 0.818. The molecule has 2 amide bonds. The summed E-state index contributed by atoms with van der Waals surface area (Å²) >= 11 is 4.36. The number of thiazole rings is 1. The maximum absolute atomic E-state index is 11.6. The molecule has 7 nitrogen and oxygen atoms in total. The summed E-state index contributed by atoms with van der Waals surface area (Å²) in [6.07, 6.45) is 0. The first-order valence-corrected chi connectivity index (χ1v) is 7.33. The van der Waals surface area contributed by atoms with Gasteiger partial charge in [-0.05, 0) is 29.8 Å². The minimum absolute atomic E-state index is 0.105. The Balaban J connectivity index is 2.03. The predicted molar refractivity (Wildman–Crippen MR) is 77.2 cm³/mol. The molecule has 0 saturated carbocycles. The van der Waals surface area contributed by atoms with Crippen LogP contribution >= 0.6 is 27.3 Å². The molecule has 20 heavy (non-hydrogen) atoms. The molecule has 2 aromatic heterocycles. The Morgan fingerprint density at radius 2 is 2.15 bits per heavy atom. The van der Waals surface area contributed by atoms with Crippen molar-refractivity contribution in [1.82, 2.24) is 15.5 Å². The molecule has 0 saturated heterocycles. The molecule has 0 aliphatic carbocycles. The Bertz CT molecular complexity index is 637. The number of carbonyl (C=O) groups is 2. The Hall–Kier alpha value is -1.74. The maximum Gasteiger partial charge on any atom is 0.315 e. The molecule has 0 atom stereocenters. The number of aromatic nitrogens is 2. The molecule has 106 valence electrons. The van der Waals surface area contributed by atoms with Crippen LogP contribution in [0.5, 0.6) is 0 Å². The Labute approximate surface area is 126 Å². The van der Waals surface area contributed by atoms with Crippen molar-refractivity contribution >= 4 is 44.2 Å². The van der Waals surface area contributed by atoms with Crippen LogP contribution in [0.1, 0.15) is 13.8 Å². The number of hydrogen-bond acceptors (Lipinski definition) is 6. The average Bonchev–Trinajstić information content (AvgIpc) is 2.97. The van der Waals surface area contributed by atoms with Gasteiger partial charge in [-0.1, -0.05) is 5.16 Å². The number of hydrogen-bond donors (Lipinski definition) is 2. The molecule has 0 aliphatic heterocycles. The molecule has 0 aliphatic rings. The van der Waals surface area contributed by atoms with Gasteiger partial charge in [0.15, 0.2) is 10.9 Å². The van der Waals surface area contributed by atoms with Gasteiger partial charge in [0.2, 0.25) is 0 Å². The molecule has 2 N–H and O–H groups in total. The highest BCUT2D eigenvalue weighted by atomic mass is 79.9. The molecule has 0 bridgehead atoms. The second-order valence-corrected chi connectivity index (χ2v) is 5.80. The highest BCUT2D eigenvalue weighted by molar-refractivity contribution is 9.10. The molecule has 2 rings (SSSR count). The van der Waals surface area contributed by atoms with Gasteiger partial charge in [0.1, 0.15) is 10.3 Å². The van der Waals surface area contributed by atoms with E-state index in [1.165, 1.54) is 11.3 Å². The second kappa shape index (κ2) is 6.14. The first-order valence-electron chi connectivity index (χ1n) is 5.65. The predicted octanol–water partition coefficient (Wildman–Crippen LogP) is 2.02. The zero-order chi connectivity index (χ0) is 14.7. The van der Waals surface area contributed by atoms with Crippen LogP contribution in [0.25, 0.3) is 11.5 Å². The fourth-order valence-electron chi connectivity index (χ4n) is 1.30. The summed E-state index contributed by atoms with van der Waals surface area (Å²) in [4.78, 5) is 27.2. The van der Waals surface area contributed by atoms with Gasteiger partial charge in [0.05, 0.1) is 0 Å². The van der Waals surface area contributed by atoms with Crippen LogP contribution in [0.2, 0.25) is 0 Å². The van der Waals surface area contributed by atoms with Gasteiger partial charge in [-0.3, -0.25) is 14.9 Å². The fraction of sp³-hybridized carbons (Fsp3) is 0.273. The minimum atomic E-state index is -0.752. The maximum atomic E-state index is 11.6. The molecule has 0 aromatic carbocycles. The lowest BCUT2D eigenvalue weighted by Crippen LogP contribution is -2.39. The zero-order valence-corrected chi connectivity index (χ0v) is 13.0. The van der Waals surface area contributed by atoms with Crippen LogP contribution in [0.3, 0.4) is 0 Å². The van der Waals surface area contributed by atoms with Crippen molar-refractivity contribution < 1.29 is 14.1 Å². The van der Waals surface area contributed by atoms with E-state index in [2.05, 4.69) is 36.7 Å². The molecule has 0 spiro atoms. The van der Waals surface area contributed by atoms with Crippen molar-refractivity contribution in [3.8, 4) is 11.5 Å². The Kier molecular flexibility index (Phi) is 4.50. The Morgan fingerprint density at radius 3 is 2.75 bits per heavy atom. The van der Waals surface area contributed by atoms with Crippen LogP contribution in [-0.2, 0) is 9.59 Å². The van der Waals surface area contributed by atoms with E-state index in [0.29, 0.717) is 21.2 Å². The molecular weight excluding hydrogens is 348 g/mol. The van der Waals surface area contributed by atoms with Gasteiger partial charge in [-0.25, -0.2) is 4.98 Å². The van der Waals surface area contributed by atoms with Crippen LogP contribution in [0.15, 0.2) is 20.6 Å². The smallest absolute Gasteiger partial charge is 0.315 e. The molecule has 0 radical (unpaired) electrons. The van der Waals surface area contributed by atoms with E-state index >= 15 is 0 Å². The number of carbonyl (C=O) groups excluding carboxylic acids is 2. The summed E-state index contributed by atoms with van der Waals surface area (Å²) in [7, 11) is 0. The molecule has 2 heterocycles. The Morgan fingerprint density at radius 1 is 1.40 bits per heavy atom. The van der Waals surface area contributed by atoms with E-state index < -0.39 is 11.8 Å². The standard InChI is InChI=1S/C11H11BrN4O3S/c1-5(2)13-9(17)10(18)15-11-14-6(4-20-11)7-3-8(12)16-19-7/h3-5H,1-2H3,(H,13,17)(H,14,15,18). The van der Waals surface area contributed by atoms with Gasteiger partial charge in [0.25, 0.3) is 0 Å². The summed E-state index contributed by atoms with van der Waals surface area (Å²) in [6, 6.07) is 1.55.